The smallest absolute Gasteiger partial charge is 0.366 e. The summed E-state index contributed by atoms with van der Waals surface area (Å²) in [7, 11) is 0. The molecule has 1 fully saturated rings. The van der Waals surface area contributed by atoms with E-state index < -0.39 is 29.0 Å². The highest BCUT2D eigenvalue weighted by Gasteiger charge is 2.34. The van der Waals surface area contributed by atoms with Crippen LogP contribution in [0.4, 0.5) is 23.2 Å². The summed E-state index contributed by atoms with van der Waals surface area (Å²) in [4.78, 5) is 23.0. The van der Waals surface area contributed by atoms with Crippen LogP contribution in [0.3, 0.4) is 0 Å². The van der Waals surface area contributed by atoms with Gasteiger partial charge in [-0.3, -0.25) is 9.59 Å². The lowest BCUT2D eigenvalue weighted by molar-refractivity contribution is -0.114. The molecule has 0 radical (unpaired) electrons. The zero-order chi connectivity index (χ0) is 39.6. The first-order valence-electron chi connectivity index (χ1n) is 18.0. The summed E-state index contributed by atoms with van der Waals surface area (Å²) in [5.74, 6) is -0.244. The van der Waals surface area contributed by atoms with Crippen LogP contribution in [0.2, 0.25) is 0 Å². The number of primary amides is 1. The molecule has 1 aliphatic carbocycles. The number of carbonyl (C=O) groups excluding carboxylic acids is 2. The van der Waals surface area contributed by atoms with Crippen LogP contribution in [0.5, 0.6) is 0 Å². The molecule has 2 atom stereocenters. The lowest BCUT2D eigenvalue weighted by Gasteiger charge is -2.33. The van der Waals surface area contributed by atoms with Crippen molar-refractivity contribution in [1.29, 1.82) is 0 Å². The SMILES string of the molecule is C=C(/C=C\C(=C/C(C)CC)C(N)(CCC1CC1)c1ccc(F)c(C)c1)C(N)=O.CC.CC/C=C(/C=C(\Nc1cccc(CN)c1)C(C)=O)C(F)(F)F. The van der Waals surface area contributed by atoms with E-state index in [1.165, 1.54) is 25.8 Å². The third kappa shape index (κ3) is 15.1. The normalized spacial score (nSPS) is 15.4. The van der Waals surface area contributed by atoms with Gasteiger partial charge in [0.15, 0.2) is 5.78 Å². The lowest BCUT2D eigenvalue weighted by atomic mass is 9.77. The van der Waals surface area contributed by atoms with Gasteiger partial charge in [-0.15, -0.1) is 0 Å². The van der Waals surface area contributed by atoms with Crippen molar-refractivity contribution < 1.29 is 27.2 Å². The monoisotopic (exact) mass is 726 g/mol. The Bertz CT molecular complexity index is 1620. The molecule has 1 amide bonds. The predicted octanol–water partition coefficient (Wildman–Crippen LogP) is 10.0. The number of ketones is 1. The van der Waals surface area contributed by atoms with Crippen molar-refractivity contribution in [3.05, 3.63) is 124 Å². The zero-order valence-electron chi connectivity index (χ0n) is 31.8. The summed E-state index contributed by atoms with van der Waals surface area (Å²) < 4.78 is 52.6. The Kier molecular flexibility index (Phi) is 19.3. The van der Waals surface area contributed by atoms with Crippen molar-refractivity contribution in [1.82, 2.24) is 0 Å². The van der Waals surface area contributed by atoms with Gasteiger partial charge in [0.25, 0.3) is 0 Å². The van der Waals surface area contributed by atoms with Crippen LogP contribution in [0, 0.1) is 24.6 Å². The zero-order valence-corrected chi connectivity index (χ0v) is 31.8. The first kappa shape index (κ1) is 45.7. The van der Waals surface area contributed by atoms with Crippen LogP contribution >= 0.6 is 0 Å². The van der Waals surface area contributed by atoms with Gasteiger partial charge >= 0.3 is 6.18 Å². The lowest BCUT2D eigenvalue weighted by Crippen LogP contribution is -2.39. The Balaban J connectivity index is 0.000000510. The summed E-state index contributed by atoms with van der Waals surface area (Å²) in [6, 6.07) is 12.0. The van der Waals surface area contributed by atoms with Crippen LogP contribution in [-0.2, 0) is 21.7 Å². The second kappa shape index (κ2) is 21.9. The molecule has 2 aromatic rings. The molecule has 1 aliphatic rings. The fourth-order valence-corrected chi connectivity index (χ4v) is 5.05. The Morgan fingerprint density at radius 3 is 2.21 bits per heavy atom. The molecule has 0 bridgehead atoms. The number of nitrogens with two attached hydrogens (primary N) is 3. The van der Waals surface area contributed by atoms with Gasteiger partial charge < -0.3 is 22.5 Å². The Morgan fingerprint density at radius 2 is 1.71 bits per heavy atom. The third-order valence-electron chi connectivity index (χ3n) is 8.59. The van der Waals surface area contributed by atoms with E-state index in [0.29, 0.717) is 23.7 Å². The molecule has 0 aromatic heterocycles. The van der Waals surface area contributed by atoms with Crippen LogP contribution in [0.25, 0.3) is 0 Å². The molecular weight excluding hydrogens is 668 g/mol. The van der Waals surface area contributed by atoms with Crippen molar-refractivity contribution in [2.24, 2.45) is 29.0 Å². The Morgan fingerprint density at radius 1 is 1.06 bits per heavy atom. The molecule has 286 valence electrons. The van der Waals surface area contributed by atoms with Crippen molar-refractivity contribution in [3.63, 3.8) is 0 Å². The van der Waals surface area contributed by atoms with Gasteiger partial charge in [0.2, 0.25) is 5.91 Å². The van der Waals surface area contributed by atoms with E-state index in [4.69, 9.17) is 17.2 Å². The minimum absolute atomic E-state index is 0.119. The summed E-state index contributed by atoms with van der Waals surface area (Å²) in [6.45, 7) is 16.8. The average molecular weight is 727 g/mol. The Hall–Kier alpha value is -4.28. The highest BCUT2D eigenvalue weighted by Crippen LogP contribution is 2.41. The molecule has 7 N–H and O–H groups in total. The van der Waals surface area contributed by atoms with Gasteiger partial charge in [-0.05, 0) is 90.6 Å². The maximum atomic E-state index is 13.9. The van der Waals surface area contributed by atoms with Gasteiger partial charge in [0.05, 0.1) is 16.8 Å². The van der Waals surface area contributed by atoms with Crippen molar-refractivity contribution >= 4 is 17.4 Å². The highest BCUT2D eigenvalue weighted by molar-refractivity contribution is 5.96. The van der Waals surface area contributed by atoms with Gasteiger partial charge in [0.1, 0.15) is 5.82 Å². The molecule has 10 heteroatoms. The number of amides is 1. The van der Waals surface area contributed by atoms with Crippen LogP contribution in [0.1, 0.15) is 96.8 Å². The topological polar surface area (TPSA) is 124 Å². The van der Waals surface area contributed by atoms with E-state index in [0.717, 1.165) is 54.0 Å². The highest BCUT2D eigenvalue weighted by atomic mass is 19.4. The standard InChI is InChI=1S/C24H33FN2O.C16H19F3N2O.C2H6/c1-5-16(2)14-20(9-6-17(3)23(26)28)24(27,13-12-19-7-8-19)21-10-11-22(25)18(4)15-21;1-3-5-13(16(17,18)19)9-15(11(2)22)21-14-7-4-6-12(8-14)10-20;1-2/h6,9-11,14-16,19H,3,5,7-8,12-13,27H2,1-2,4H3,(H2,26,28);4-9,21H,3,10,20H2,1-2H3;1-2H3/b9-6-,20-14+;13-5-,15-9-;. The molecule has 0 saturated heterocycles. The van der Waals surface area contributed by atoms with Crippen molar-refractivity contribution in [3.8, 4) is 0 Å². The number of halogens is 4. The van der Waals surface area contributed by atoms with E-state index in [-0.39, 0.29) is 23.5 Å². The maximum absolute atomic E-state index is 13.9. The fourth-order valence-electron chi connectivity index (χ4n) is 5.05. The minimum atomic E-state index is -4.50. The second-order valence-corrected chi connectivity index (χ2v) is 12.9. The van der Waals surface area contributed by atoms with Gasteiger partial charge in [-0.25, -0.2) is 4.39 Å². The summed E-state index contributed by atoms with van der Waals surface area (Å²) >= 11 is 0. The summed E-state index contributed by atoms with van der Waals surface area (Å²) in [5.41, 5.74) is 20.1. The number of carbonyl (C=O) groups is 2. The van der Waals surface area contributed by atoms with E-state index in [1.54, 1.807) is 50.3 Å². The van der Waals surface area contributed by atoms with E-state index in [9.17, 15) is 27.2 Å². The van der Waals surface area contributed by atoms with Gasteiger partial charge in [-0.2, -0.15) is 13.2 Å². The minimum Gasteiger partial charge on any atom is -0.366 e. The number of anilines is 1. The summed E-state index contributed by atoms with van der Waals surface area (Å²) in [6.07, 6.45) is 8.48. The van der Waals surface area contributed by atoms with E-state index >= 15 is 0 Å². The number of benzene rings is 2. The van der Waals surface area contributed by atoms with E-state index in [1.807, 2.05) is 26.0 Å². The largest absolute Gasteiger partial charge is 0.416 e. The number of aryl methyl sites for hydroxylation is 1. The number of alkyl halides is 3. The molecular formula is C42H58F4N4O2. The molecule has 0 spiro atoms. The molecule has 1 saturated carbocycles. The number of rotatable bonds is 16. The number of hydrogen-bond acceptors (Lipinski definition) is 5. The number of nitrogens with one attached hydrogen (secondary N) is 1. The number of allylic oxidation sites excluding steroid dienone is 5. The molecule has 2 aromatic carbocycles. The van der Waals surface area contributed by atoms with E-state index in [2.05, 4.69) is 31.8 Å². The molecule has 52 heavy (non-hydrogen) atoms. The summed E-state index contributed by atoms with van der Waals surface area (Å²) in [5, 5.41) is 2.73. The van der Waals surface area contributed by atoms with Crippen molar-refractivity contribution in [2.45, 2.75) is 105 Å². The molecule has 6 nitrogen and oxygen atoms in total. The number of hydrogen-bond donors (Lipinski definition) is 4. The molecule has 3 rings (SSSR count). The van der Waals surface area contributed by atoms with Crippen LogP contribution < -0.4 is 22.5 Å². The molecule has 0 heterocycles. The number of Topliss-reactive ketones (excluding diaryl/α,β-unsaturated/α-hetero) is 1. The fraction of sp³-hybridized carbons (Fsp3) is 0.429. The quantitative estimate of drug-likeness (QED) is 0.0779. The van der Waals surface area contributed by atoms with Gasteiger partial charge in [-0.1, -0.05) is 103 Å². The first-order chi connectivity index (χ1) is 24.4. The average Bonchev–Trinajstić information content (AvgIpc) is 3.94. The third-order valence-corrected chi connectivity index (χ3v) is 8.59. The Labute approximate surface area is 308 Å². The predicted molar refractivity (Wildman–Crippen MR) is 206 cm³/mol. The van der Waals surface area contributed by atoms with Crippen LogP contribution in [-0.4, -0.2) is 17.9 Å². The molecule has 2 unspecified atom stereocenters. The van der Waals surface area contributed by atoms with Gasteiger partial charge in [0, 0.05) is 24.7 Å². The molecule has 0 aliphatic heterocycles. The van der Waals surface area contributed by atoms with Crippen LogP contribution in [0.15, 0.2) is 102 Å². The maximum Gasteiger partial charge on any atom is 0.416 e. The first-order valence-corrected chi connectivity index (χ1v) is 18.0. The second-order valence-electron chi connectivity index (χ2n) is 12.9. The van der Waals surface area contributed by atoms with Crippen molar-refractivity contribution in [2.75, 3.05) is 5.32 Å².